The SMILES string of the molecule is CCCCCCCCCCCCC(F)Cn1ccc(C(=O)O)c1. The van der Waals surface area contributed by atoms with Crippen molar-refractivity contribution in [2.24, 2.45) is 0 Å². The van der Waals surface area contributed by atoms with Gasteiger partial charge in [-0.15, -0.1) is 0 Å². The topological polar surface area (TPSA) is 42.2 Å². The number of unbranched alkanes of at least 4 members (excludes halogenated alkanes) is 9. The van der Waals surface area contributed by atoms with E-state index in [0.717, 1.165) is 12.8 Å². The van der Waals surface area contributed by atoms with Crippen molar-refractivity contribution in [3.63, 3.8) is 0 Å². The maximum atomic E-state index is 13.9. The summed E-state index contributed by atoms with van der Waals surface area (Å²) in [6.45, 7) is 2.49. The van der Waals surface area contributed by atoms with E-state index in [4.69, 9.17) is 5.11 Å². The molecule has 1 rings (SSSR count). The molecule has 1 atom stereocenters. The molecular weight excluding hydrogens is 293 g/mol. The monoisotopic (exact) mass is 325 g/mol. The first-order chi connectivity index (χ1) is 11.1. The lowest BCUT2D eigenvalue weighted by atomic mass is 10.0. The Balaban J connectivity index is 1.97. The molecule has 1 heterocycles. The normalized spacial score (nSPS) is 12.4. The summed E-state index contributed by atoms with van der Waals surface area (Å²) in [7, 11) is 0. The average Bonchev–Trinajstić information content (AvgIpc) is 2.98. The van der Waals surface area contributed by atoms with Crippen molar-refractivity contribution >= 4 is 5.97 Å². The molecule has 0 aliphatic heterocycles. The quantitative estimate of drug-likeness (QED) is 0.437. The number of carboxylic acid groups (broad SMARTS) is 1. The van der Waals surface area contributed by atoms with Crippen LogP contribution in [0.3, 0.4) is 0 Å². The third-order valence-electron chi connectivity index (χ3n) is 4.28. The number of hydrogen-bond acceptors (Lipinski definition) is 1. The van der Waals surface area contributed by atoms with Gasteiger partial charge in [-0.2, -0.15) is 0 Å². The van der Waals surface area contributed by atoms with Gasteiger partial charge in [0.1, 0.15) is 6.17 Å². The zero-order chi connectivity index (χ0) is 16.9. The van der Waals surface area contributed by atoms with Gasteiger partial charge in [-0.25, -0.2) is 9.18 Å². The second-order valence-electron chi connectivity index (χ2n) is 6.47. The van der Waals surface area contributed by atoms with Crippen molar-refractivity contribution in [1.29, 1.82) is 0 Å². The van der Waals surface area contributed by atoms with Crippen molar-refractivity contribution in [3.8, 4) is 0 Å². The van der Waals surface area contributed by atoms with Crippen LogP contribution in [0.1, 0.15) is 87.9 Å². The number of carboxylic acids is 1. The molecule has 0 aliphatic rings. The first-order valence-electron chi connectivity index (χ1n) is 9.16. The summed E-state index contributed by atoms with van der Waals surface area (Å²) in [6, 6.07) is 1.51. The van der Waals surface area contributed by atoms with E-state index >= 15 is 0 Å². The number of nitrogens with zero attached hydrogens (tertiary/aromatic N) is 1. The Bertz CT molecular complexity index is 431. The van der Waals surface area contributed by atoms with Gasteiger partial charge >= 0.3 is 5.97 Å². The van der Waals surface area contributed by atoms with Crippen LogP contribution in [-0.2, 0) is 6.54 Å². The van der Waals surface area contributed by atoms with E-state index in [-0.39, 0.29) is 12.1 Å². The predicted molar refractivity (Wildman–Crippen MR) is 92.7 cm³/mol. The summed E-state index contributed by atoms with van der Waals surface area (Å²) < 4.78 is 15.5. The number of rotatable bonds is 14. The first-order valence-corrected chi connectivity index (χ1v) is 9.16. The second kappa shape index (κ2) is 12.1. The Morgan fingerprint density at radius 2 is 1.65 bits per heavy atom. The standard InChI is InChI=1S/C19H32FNO2/c1-2-3-4-5-6-7-8-9-10-11-12-18(20)16-21-14-13-17(15-21)19(22)23/h13-15,18H,2-12,16H2,1H3,(H,22,23). The van der Waals surface area contributed by atoms with Gasteiger partial charge in [-0.1, -0.05) is 71.1 Å². The van der Waals surface area contributed by atoms with Crippen molar-refractivity contribution in [1.82, 2.24) is 4.57 Å². The predicted octanol–water partition coefficient (Wildman–Crippen LogP) is 5.84. The highest BCUT2D eigenvalue weighted by Crippen LogP contribution is 2.14. The van der Waals surface area contributed by atoms with Crippen LogP contribution >= 0.6 is 0 Å². The molecule has 1 aromatic rings. The second-order valence-corrected chi connectivity index (χ2v) is 6.47. The molecule has 0 aliphatic carbocycles. The molecule has 0 bridgehead atoms. The maximum absolute atomic E-state index is 13.9. The Morgan fingerprint density at radius 1 is 1.09 bits per heavy atom. The summed E-state index contributed by atoms with van der Waals surface area (Å²) in [4.78, 5) is 10.8. The van der Waals surface area contributed by atoms with Gasteiger partial charge in [0.2, 0.25) is 0 Å². The van der Waals surface area contributed by atoms with Crippen LogP contribution in [0.5, 0.6) is 0 Å². The molecule has 0 fully saturated rings. The van der Waals surface area contributed by atoms with Crippen molar-refractivity contribution < 1.29 is 14.3 Å². The van der Waals surface area contributed by atoms with Crippen molar-refractivity contribution in [3.05, 3.63) is 24.0 Å². The lowest BCUT2D eigenvalue weighted by molar-refractivity contribution is 0.0696. The zero-order valence-corrected chi connectivity index (χ0v) is 14.5. The lowest BCUT2D eigenvalue weighted by Crippen LogP contribution is -2.10. The molecule has 0 saturated heterocycles. The molecule has 1 aromatic heterocycles. The van der Waals surface area contributed by atoms with Crippen molar-refractivity contribution in [2.45, 2.75) is 90.3 Å². The number of halogens is 1. The van der Waals surface area contributed by atoms with Gasteiger partial charge in [0.05, 0.1) is 12.1 Å². The molecule has 0 radical (unpaired) electrons. The molecule has 0 saturated carbocycles. The van der Waals surface area contributed by atoms with Crippen LogP contribution in [0.15, 0.2) is 18.5 Å². The minimum Gasteiger partial charge on any atom is -0.478 e. The summed E-state index contributed by atoms with van der Waals surface area (Å²) in [6.07, 6.45) is 15.3. The van der Waals surface area contributed by atoms with Crippen LogP contribution in [0.2, 0.25) is 0 Å². The molecule has 132 valence electrons. The molecule has 23 heavy (non-hydrogen) atoms. The van der Waals surface area contributed by atoms with E-state index in [2.05, 4.69) is 6.92 Å². The van der Waals surface area contributed by atoms with Gasteiger partial charge in [0.15, 0.2) is 0 Å². The number of carbonyl (C=O) groups is 1. The molecule has 0 spiro atoms. The summed E-state index contributed by atoms with van der Waals surface area (Å²) >= 11 is 0. The number of aromatic nitrogens is 1. The molecule has 3 nitrogen and oxygen atoms in total. The largest absolute Gasteiger partial charge is 0.478 e. The average molecular weight is 325 g/mol. The van der Waals surface area contributed by atoms with Gasteiger partial charge in [-0.05, 0) is 12.5 Å². The minimum atomic E-state index is -0.964. The molecule has 0 amide bonds. The molecular formula is C19H32FNO2. The summed E-state index contributed by atoms with van der Waals surface area (Å²) in [5.41, 5.74) is 0.219. The maximum Gasteiger partial charge on any atom is 0.337 e. The van der Waals surface area contributed by atoms with Gasteiger partial charge in [0, 0.05) is 12.4 Å². The molecule has 1 N–H and O–H groups in total. The van der Waals surface area contributed by atoms with Gasteiger partial charge in [0.25, 0.3) is 0 Å². The van der Waals surface area contributed by atoms with Crippen molar-refractivity contribution in [2.75, 3.05) is 0 Å². The van der Waals surface area contributed by atoms with Crippen LogP contribution < -0.4 is 0 Å². The summed E-state index contributed by atoms with van der Waals surface area (Å²) in [5.74, 6) is -0.964. The highest BCUT2D eigenvalue weighted by molar-refractivity contribution is 5.87. The third kappa shape index (κ3) is 9.42. The fraction of sp³-hybridized carbons (Fsp3) is 0.737. The Kier molecular flexibility index (Phi) is 10.4. The Morgan fingerprint density at radius 3 is 2.17 bits per heavy atom. The zero-order valence-electron chi connectivity index (χ0n) is 14.5. The molecule has 0 aromatic carbocycles. The Labute approximate surface area is 139 Å². The van der Waals surface area contributed by atoms with Crippen LogP contribution in [-0.4, -0.2) is 21.8 Å². The fourth-order valence-electron chi connectivity index (χ4n) is 2.85. The van der Waals surface area contributed by atoms with Crippen LogP contribution in [0, 0.1) is 0 Å². The Hall–Kier alpha value is -1.32. The van der Waals surface area contributed by atoms with Crippen LogP contribution in [0.4, 0.5) is 4.39 Å². The molecule has 1 unspecified atom stereocenters. The van der Waals surface area contributed by atoms with E-state index in [9.17, 15) is 9.18 Å². The van der Waals surface area contributed by atoms with E-state index in [1.54, 1.807) is 10.8 Å². The van der Waals surface area contributed by atoms with Gasteiger partial charge in [-0.3, -0.25) is 0 Å². The molecule has 4 heteroatoms. The first kappa shape index (κ1) is 19.7. The van der Waals surface area contributed by atoms with E-state index in [1.165, 1.54) is 63.6 Å². The fourth-order valence-corrected chi connectivity index (χ4v) is 2.85. The highest BCUT2D eigenvalue weighted by atomic mass is 19.1. The van der Waals surface area contributed by atoms with Gasteiger partial charge < -0.3 is 9.67 Å². The third-order valence-corrected chi connectivity index (χ3v) is 4.28. The minimum absolute atomic E-state index is 0.219. The number of hydrogen-bond donors (Lipinski definition) is 1. The number of alkyl halides is 1. The lowest BCUT2D eigenvalue weighted by Gasteiger charge is -2.09. The van der Waals surface area contributed by atoms with E-state index in [1.807, 2.05) is 0 Å². The number of aromatic carboxylic acids is 1. The van der Waals surface area contributed by atoms with Crippen LogP contribution in [0.25, 0.3) is 0 Å². The van der Waals surface area contributed by atoms with E-state index in [0.29, 0.717) is 6.42 Å². The summed E-state index contributed by atoms with van der Waals surface area (Å²) in [5, 5.41) is 8.83. The smallest absolute Gasteiger partial charge is 0.337 e. The highest BCUT2D eigenvalue weighted by Gasteiger charge is 2.09. The van der Waals surface area contributed by atoms with E-state index < -0.39 is 12.1 Å².